The van der Waals surface area contributed by atoms with Crippen LogP contribution in [0.15, 0.2) is 55.4 Å². The SMILES string of the molecule is C=CC[C@H](Cc1ccccc1)C(=O)c1nccn1C. The van der Waals surface area contributed by atoms with Gasteiger partial charge in [0.25, 0.3) is 0 Å². The summed E-state index contributed by atoms with van der Waals surface area (Å²) in [6, 6.07) is 10.0. The van der Waals surface area contributed by atoms with Crippen molar-refractivity contribution in [2.24, 2.45) is 13.0 Å². The predicted octanol–water partition coefficient (Wildman–Crippen LogP) is 3.04. The van der Waals surface area contributed by atoms with Crippen molar-refractivity contribution in [1.82, 2.24) is 9.55 Å². The molecule has 0 saturated carbocycles. The molecular weight excluding hydrogens is 236 g/mol. The Morgan fingerprint density at radius 3 is 2.74 bits per heavy atom. The highest BCUT2D eigenvalue weighted by Gasteiger charge is 2.22. The molecule has 19 heavy (non-hydrogen) atoms. The number of aryl methyl sites for hydroxylation is 1. The van der Waals surface area contributed by atoms with Crippen LogP contribution in [-0.2, 0) is 13.5 Å². The van der Waals surface area contributed by atoms with Crippen molar-refractivity contribution in [2.45, 2.75) is 12.8 Å². The highest BCUT2D eigenvalue weighted by atomic mass is 16.1. The molecule has 0 saturated heterocycles. The maximum absolute atomic E-state index is 12.5. The van der Waals surface area contributed by atoms with Crippen LogP contribution in [0.4, 0.5) is 0 Å². The first kappa shape index (κ1) is 13.3. The van der Waals surface area contributed by atoms with Crippen LogP contribution in [0.1, 0.15) is 22.6 Å². The van der Waals surface area contributed by atoms with Gasteiger partial charge in [0.2, 0.25) is 5.78 Å². The molecule has 0 N–H and O–H groups in total. The molecule has 1 heterocycles. The van der Waals surface area contributed by atoms with Crippen molar-refractivity contribution < 1.29 is 4.79 Å². The van der Waals surface area contributed by atoms with Gasteiger partial charge in [-0.2, -0.15) is 0 Å². The Labute approximate surface area is 113 Å². The molecule has 0 spiro atoms. The lowest BCUT2D eigenvalue weighted by molar-refractivity contribution is 0.0906. The molecule has 2 aromatic rings. The van der Waals surface area contributed by atoms with E-state index in [2.05, 4.69) is 11.6 Å². The van der Waals surface area contributed by atoms with Crippen molar-refractivity contribution in [3.63, 3.8) is 0 Å². The van der Waals surface area contributed by atoms with Crippen LogP contribution < -0.4 is 0 Å². The van der Waals surface area contributed by atoms with Crippen LogP contribution in [0.2, 0.25) is 0 Å². The molecule has 0 aliphatic rings. The first-order valence-corrected chi connectivity index (χ1v) is 6.38. The topological polar surface area (TPSA) is 34.9 Å². The zero-order valence-electron chi connectivity index (χ0n) is 11.1. The van der Waals surface area contributed by atoms with Gasteiger partial charge in [-0.05, 0) is 18.4 Å². The fraction of sp³-hybridized carbons (Fsp3) is 0.250. The number of rotatable bonds is 6. The minimum absolute atomic E-state index is 0.0799. The van der Waals surface area contributed by atoms with E-state index in [9.17, 15) is 4.79 Å². The van der Waals surface area contributed by atoms with Gasteiger partial charge in [-0.15, -0.1) is 6.58 Å². The van der Waals surface area contributed by atoms with Crippen LogP contribution in [-0.4, -0.2) is 15.3 Å². The molecular formula is C16H18N2O. The summed E-state index contributed by atoms with van der Waals surface area (Å²) in [5.74, 6) is 0.500. The minimum Gasteiger partial charge on any atom is -0.332 e. The number of nitrogens with zero attached hydrogens (tertiary/aromatic N) is 2. The molecule has 2 rings (SSSR count). The van der Waals surface area contributed by atoms with Crippen molar-refractivity contribution in [1.29, 1.82) is 0 Å². The van der Waals surface area contributed by atoms with Crippen LogP contribution in [0.5, 0.6) is 0 Å². The summed E-state index contributed by atoms with van der Waals surface area (Å²) in [5, 5.41) is 0. The minimum atomic E-state index is -0.0963. The van der Waals surface area contributed by atoms with E-state index in [0.29, 0.717) is 12.2 Å². The lowest BCUT2D eigenvalue weighted by Gasteiger charge is -2.13. The third-order valence-electron chi connectivity index (χ3n) is 3.19. The van der Waals surface area contributed by atoms with Gasteiger partial charge in [-0.3, -0.25) is 4.79 Å². The highest BCUT2D eigenvalue weighted by molar-refractivity contribution is 5.95. The second-order valence-electron chi connectivity index (χ2n) is 4.64. The zero-order valence-corrected chi connectivity index (χ0v) is 11.1. The molecule has 98 valence electrons. The third kappa shape index (κ3) is 3.19. The average molecular weight is 254 g/mol. The van der Waals surface area contributed by atoms with E-state index in [-0.39, 0.29) is 11.7 Å². The molecule has 0 bridgehead atoms. The maximum Gasteiger partial charge on any atom is 0.201 e. The van der Waals surface area contributed by atoms with Gasteiger partial charge in [0, 0.05) is 25.4 Å². The van der Waals surface area contributed by atoms with E-state index in [1.165, 1.54) is 0 Å². The van der Waals surface area contributed by atoms with Gasteiger partial charge in [-0.25, -0.2) is 4.98 Å². The number of allylic oxidation sites excluding steroid dienone is 1. The van der Waals surface area contributed by atoms with E-state index in [4.69, 9.17) is 0 Å². The van der Waals surface area contributed by atoms with Gasteiger partial charge in [0.05, 0.1) is 0 Å². The Balaban J connectivity index is 2.18. The summed E-state index contributed by atoms with van der Waals surface area (Å²) in [6.07, 6.45) is 6.63. The number of hydrogen-bond donors (Lipinski definition) is 0. The second kappa shape index (κ2) is 6.14. The van der Waals surface area contributed by atoms with E-state index in [0.717, 1.165) is 12.0 Å². The van der Waals surface area contributed by atoms with Crippen molar-refractivity contribution in [3.05, 3.63) is 66.8 Å². The molecule has 0 unspecified atom stereocenters. The number of carbonyl (C=O) groups is 1. The zero-order chi connectivity index (χ0) is 13.7. The van der Waals surface area contributed by atoms with Crippen LogP contribution in [0.3, 0.4) is 0 Å². The van der Waals surface area contributed by atoms with Crippen LogP contribution >= 0.6 is 0 Å². The van der Waals surface area contributed by atoms with E-state index >= 15 is 0 Å². The summed E-state index contributed by atoms with van der Waals surface area (Å²) in [7, 11) is 1.84. The van der Waals surface area contributed by atoms with Crippen LogP contribution in [0.25, 0.3) is 0 Å². The predicted molar refractivity (Wildman–Crippen MR) is 76.0 cm³/mol. The Bertz CT molecular complexity index is 557. The summed E-state index contributed by atoms with van der Waals surface area (Å²) in [5.41, 5.74) is 1.16. The Morgan fingerprint density at radius 2 is 2.16 bits per heavy atom. The van der Waals surface area contributed by atoms with Gasteiger partial charge in [0.1, 0.15) is 0 Å². The summed E-state index contributed by atoms with van der Waals surface area (Å²) in [6.45, 7) is 3.75. The summed E-state index contributed by atoms with van der Waals surface area (Å²) in [4.78, 5) is 16.6. The van der Waals surface area contributed by atoms with Crippen molar-refractivity contribution >= 4 is 5.78 Å². The van der Waals surface area contributed by atoms with Crippen molar-refractivity contribution in [2.75, 3.05) is 0 Å². The number of hydrogen-bond acceptors (Lipinski definition) is 2. The largest absolute Gasteiger partial charge is 0.332 e. The molecule has 0 aliphatic heterocycles. The van der Waals surface area contributed by atoms with Gasteiger partial charge >= 0.3 is 0 Å². The van der Waals surface area contributed by atoms with Gasteiger partial charge < -0.3 is 4.57 Å². The van der Waals surface area contributed by atoms with Gasteiger partial charge in [0.15, 0.2) is 5.82 Å². The number of benzene rings is 1. The Kier molecular flexibility index (Phi) is 4.29. The van der Waals surface area contributed by atoms with Crippen molar-refractivity contribution in [3.8, 4) is 0 Å². The number of carbonyl (C=O) groups excluding carboxylic acids is 1. The normalized spacial score (nSPS) is 12.1. The van der Waals surface area contributed by atoms with E-state index in [1.54, 1.807) is 23.0 Å². The molecule has 0 aliphatic carbocycles. The monoisotopic (exact) mass is 254 g/mol. The standard InChI is InChI=1S/C16H18N2O/c1-3-7-14(12-13-8-5-4-6-9-13)15(19)16-17-10-11-18(16)2/h3-6,8-11,14H,1,7,12H2,2H3/t14-/m1/s1. The quantitative estimate of drug-likeness (QED) is 0.586. The molecule has 1 aromatic heterocycles. The first-order valence-electron chi connectivity index (χ1n) is 6.38. The number of Topliss-reactive ketones (excluding diaryl/α,β-unsaturated/α-hetero) is 1. The summed E-state index contributed by atoms with van der Waals surface area (Å²) >= 11 is 0. The van der Waals surface area contributed by atoms with Gasteiger partial charge in [-0.1, -0.05) is 36.4 Å². The fourth-order valence-corrected chi connectivity index (χ4v) is 2.17. The molecule has 1 aromatic carbocycles. The molecule has 0 radical (unpaired) electrons. The first-order chi connectivity index (χ1) is 9.22. The maximum atomic E-state index is 12.5. The number of aromatic nitrogens is 2. The molecule has 3 nitrogen and oxygen atoms in total. The van der Waals surface area contributed by atoms with E-state index in [1.807, 2.05) is 37.4 Å². The molecule has 3 heteroatoms. The third-order valence-corrected chi connectivity index (χ3v) is 3.19. The lowest BCUT2D eigenvalue weighted by atomic mass is 9.92. The van der Waals surface area contributed by atoms with Crippen LogP contribution in [0, 0.1) is 5.92 Å². The lowest BCUT2D eigenvalue weighted by Crippen LogP contribution is -2.20. The number of ketones is 1. The average Bonchev–Trinajstić information content (AvgIpc) is 2.85. The van der Waals surface area contributed by atoms with E-state index < -0.39 is 0 Å². The Morgan fingerprint density at radius 1 is 1.42 bits per heavy atom. The molecule has 1 atom stereocenters. The fourth-order valence-electron chi connectivity index (χ4n) is 2.17. The highest BCUT2D eigenvalue weighted by Crippen LogP contribution is 2.17. The molecule has 0 fully saturated rings. The Hall–Kier alpha value is -2.16. The molecule has 0 amide bonds. The number of imidazole rings is 1. The summed E-state index contributed by atoms with van der Waals surface area (Å²) < 4.78 is 1.77. The smallest absolute Gasteiger partial charge is 0.201 e. The second-order valence-corrected chi connectivity index (χ2v) is 4.64.